The highest BCUT2D eigenvalue weighted by atomic mass is 32.2. The molecule has 1 amide bonds. The Morgan fingerprint density at radius 3 is 2.83 bits per heavy atom. The zero-order chi connectivity index (χ0) is 29.1. The highest BCUT2D eigenvalue weighted by Gasteiger charge is 2.37. The molecule has 0 N–H and O–H groups in total. The first kappa shape index (κ1) is 29.0. The maximum absolute atomic E-state index is 14.0. The van der Waals surface area contributed by atoms with E-state index in [0.29, 0.717) is 50.6 Å². The number of thioether (sulfide) groups is 1. The summed E-state index contributed by atoms with van der Waals surface area (Å²) >= 11 is 1.37. The number of amides is 1. The smallest absolute Gasteiger partial charge is 0.319 e. The van der Waals surface area contributed by atoms with Gasteiger partial charge in [0.25, 0.3) is 0 Å². The minimum absolute atomic E-state index is 0.125. The molecule has 1 aliphatic carbocycles. The van der Waals surface area contributed by atoms with Crippen LogP contribution in [-0.2, 0) is 11.2 Å². The number of aromatic nitrogens is 2. The molecule has 1 aromatic heterocycles. The Labute approximate surface area is 244 Å². The second kappa shape index (κ2) is 12.6. The molecule has 11 heteroatoms. The Hall–Kier alpha value is -3.49. The van der Waals surface area contributed by atoms with Crippen LogP contribution in [0.3, 0.4) is 0 Å². The molecule has 0 radical (unpaired) electrons. The van der Waals surface area contributed by atoms with Gasteiger partial charge in [0.1, 0.15) is 23.9 Å². The van der Waals surface area contributed by atoms with Crippen LogP contribution in [-0.4, -0.2) is 88.6 Å². The van der Waals surface area contributed by atoms with Crippen molar-refractivity contribution in [1.29, 1.82) is 5.26 Å². The van der Waals surface area contributed by atoms with Crippen LogP contribution in [0.15, 0.2) is 35.7 Å². The van der Waals surface area contributed by atoms with Crippen molar-refractivity contribution in [3.05, 3.63) is 53.5 Å². The first-order valence-electron chi connectivity index (χ1n) is 14.0. The van der Waals surface area contributed by atoms with Crippen molar-refractivity contribution in [3.8, 4) is 12.1 Å². The molecule has 5 rings (SSSR count). The van der Waals surface area contributed by atoms with E-state index in [9.17, 15) is 19.2 Å². The summed E-state index contributed by atoms with van der Waals surface area (Å²) in [6, 6.07) is 6.88. The molecule has 0 saturated carbocycles. The van der Waals surface area contributed by atoms with E-state index in [4.69, 9.17) is 9.72 Å². The van der Waals surface area contributed by atoms with Crippen LogP contribution in [0.1, 0.15) is 47.3 Å². The number of carbonyl (C=O) groups excluding carboxylic acids is 2. The van der Waals surface area contributed by atoms with Gasteiger partial charge in [0.2, 0.25) is 5.91 Å². The number of piperazine rings is 1. The number of likely N-dealkylation sites (N-methyl/N-ethyl adjacent to an activating group) is 1. The van der Waals surface area contributed by atoms with Crippen LogP contribution in [0.5, 0.6) is 6.01 Å². The number of aryl methyl sites for hydroxylation is 1. The van der Waals surface area contributed by atoms with Crippen LogP contribution in [0.25, 0.3) is 0 Å². The molecule has 1 aromatic carbocycles. The molecule has 2 unspecified atom stereocenters. The number of benzene rings is 1. The number of hydrogen-bond donors (Lipinski definition) is 0. The van der Waals surface area contributed by atoms with Crippen molar-refractivity contribution in [3.63, 3.8) is 0 Å². The standard InChI is InChI=1S/C30H35FN6O3S/c1-4-26(38)37-15-14-36(17-21(37)11-12-32)29-23-9-10-24(41-25-16-20(31)8-7-19(25)2)28(39)27(23)33-30(34-29)40-18-22-6-5-13-35(22)3/h4,7-8,16,21-22,24H,1,5-6,9-11,13-15,17-18H2,2-3H3/t21?,22?,24-/m1/s1. The molecule has 3 atom stereocenters. The summed E-state index contributed by atoms with van der Waals surface area (Å²) < 4.78 is 20.1. The van der Waals surface area contributed by atoms with Crippen LogP contribution >= 0.6 is 11.8 Å². The van der Waals surface area contributed by atoms with Crippen molar-refractivity contribution in [1.82, 2.24) is 19.8 Å². The predicted molar refractivity (Wildman–Crippen MR) is 155 cm³/mol. The van der Waals surface area contributed by atoms with Gasteiger partial charge in [-0.25, -0.2) is 4.39 Å². The molecule has 2 fully saturated rings. The number of fused-ring (bicyclic) bond motifs is 1. The fraction of sp³-hybridized carbons (Fsp3) is 0.500. The molecular formula is C30H35FN6O3S. The summed E-state index contributed by atoms with van der Waals surface area (Å²) in [7, 11) is 2.07. The fourth-order valence-corrected chi connectivity index (χ4v) is 7.03. The molecule has 0 bridgehead atoms. The Morgan fingerprint density at radius 1 is 1.27 bits per heavy atom. The summed E-state index contributed by atoms with van der Waals surface area (Å²) in [5, 5.41) is 9.04. The van der Waals surface area contributed by atoms with Crippen LogP contribution in [0, 0.1) is 24.1 Å². The lowest BCUT2D eigenvalue weighted by Gasteiger charge is -2.41. The van der Waals surface area contributed by atoms with E-state index in [2.05, 4.69) is 29.6 Å². The number of likely N-dealkylation sites (tertiary alicyclic amines) is 1. The third-order valence-electron chi connectivity index (χ3n) is 8.21. The van der Waals surface area contributed by atoms with Crippen molar-refractivity contribution in [2.45, 2.75) is 61.3 Å². The Kier molecular flexibility index (Phi) is 8.90. The predicted octanol–water partition coefficient (Wildman–Crippen LogP) is 3.80. The van der Waals surface area contributed by atoms with Crippen molar-refractivity contribution in [2.24, 2.45) is 0 Å². The average molecular weight is 579 g/mol. The summed E-state index contributed by atoms with van der Waals surface area (Å²) in [4.78, 5) is 42.5. The second-order valence-electron chi connectivity index (χ2n) is 10.9. The summed E-state index contributed by atoms with van der Waals surface area (Å²) in [6.45, 7) is 8.23. The zero-order valence-electron chi connectivity index (χ0n) is 23.5. The monoisotopic (exact) mass is 578 g/mol. The number of Topliss-reactive ketones (excluding diaryl/α,β-unsaturated/α-hetero) is 1. The van der Waals surface area contributed by atoms with Crippen LogP contribution < -0.4 is 9.64 Å². The third kappa shape index (κ3) is 6.23. The number of carbonyl (C=O) groups is 2. The zero-order valence-corrected chi connectivity index (χ0v) is 24.3. The van der Waals surface area contributed by atoms with Crippen LogP contribution in [0.2, 0.25) is 0 Å². The number of nitrogens with zero attached hydrogens (tertiary/aromatic N) is 6. The molecule has 9 nitrogen and oxygen atoms in total. The van der Waals surface area contributed by atoms with E-state index in [1.807, 2.05) is 11.8 Å². The van der Waals surface area contributed by atoms with Gasteiger partial charge in [0.05, 0.1) is 23.8 Å². The lowest BCUT2D eigenvalue weighted by molar-refractivity contribution is -0.128. The minimum atomic E-state index is -0.409. The molecule has 3 heterocycles. The van der Waals surface area contributed by atoms with Gasteiger partial charge in [0.15, 0.2) is 5.78 Å². The van der Waals surface area contributed by atoms with Crippen molar-refractivity contribution in [2.75, 3.05) is 44.7 Å². The number of ether oxygens (including phenoxy) is 1. The first-order valence-corrected chi connectivity index (χ1v) is 14.9. The topological polar surface area (TPSA) is 103 Å². The first-order chi connectivity index (χ1) is 19.8. The number of rotatable bonds is 8. The molecule has 0 spiro atoms. The normalized spacial score (nSPS) is 22.8. The van der Waals surface area contributed by atoms with E-state index in [-0.39, 0.29) is 42.0 Å². The largest absolute Gasteiger partial charge is 0.462 e. The van der Waals surface area contributed by atoms with Gasteiger partial charge >= 0.3 is 6.01 Å². The second-order valence-corrected chi connectivity index (χ2v) is 12.1. The Bertz CT molecular complexity index is 1380. The molecule has 2 aromatic rings. The number of ketones is 1. The molecule has 216 valence electrons. The molecule has 2 saturated heterocycles. The highest BCUT2D eigenvalue weighted by Crippen LogP contribution is 2.38. The summed E-state index contributed by atoms with van der Waals surface area (Å²) in [6.07, 6.45) is 4.70. The van der Waals surface area contributed by atoms with E-state index < -0.39 is 5.25 Å². The van der Waals surface area contributed by atoms with E-state index >= 15 is 0 Å². The Balaban J connectivity index is 1.46. The number of nitriles is 1. The minimum Gasteiger partial charge on any atom is -0.462 e. The van der Waals surface area contributed by atoms with Gasteiger partial charge in [-0.3, -0.25) is 9.59 Å². The molecular weight excluding hydrogens is 543 g/mol. The van der Waals surface area contributed by atoms with E-state index in [1.54, 1.807) is 11.0 Å². The van der Waals surface area contributed by atoms with E-state index in [1.165, 1.54) is 30.0 Å². The van der Waals surface area contributed by atoms with Gasteiger partial charge in [-0.2, -0.15) is 15.2 Å². The fourth-order valence-electron chi connectivity index (χ4n) is 5.83. The van der Waals surface area contributed by atoms with Gasteiger partial charge in [0, 0.05) is 36.1 Å². The SMILES string of the molecule is C=CC(=O)N1CCN(c2nc(OCC3CCCN3C)nc3c2CC[C@@H](Sc2cc(F)ccc2C)C3=O)CC1CC#N. The lowest BCUT2D eigenvalue weighted by Crippen LogP contribution is -2.55. The average Bonchev–Trinajstić information content (AvgIpc) is 3.39. The molecule has 2 aliphatic heterocycles. The number of halogens is 1. The maximum Gasteiger partial charge on any atom is 0.319 e. The lowest BCUT2D eigenvalue weighted by atomic mass is 9.94. The van der Waals surface area contributed by atoms with Gasteiger partial charge in [-0.05, 0) is 70.0 Å². The molecule has 3 aliphatic rings. The van der Waals surface area contributed by atoms with Crippen LogP contribution in [0.4, 0.5) is 10.2 Å². The van der Waals surface area contributed by atoms with E-state index in [0.717, 1.165) is 35.4 Å². The summed E-state index contributed by atoms with van der Waals surface area (Å²) in [5.74, 6) is -0.0421. The number of hydrogen-bond acceptors (Lipinski definition) is 9. The summed E-state index contributed by atoms with van der Waals surface area (Å²) in [5.41, 5.74) is 2.01. The van der Waals surface area contributed by atoms with Gasteiger partial charge in [-0.1, -0.05) is 12.6 Å². The highest BCUT2D eigenvalue weighted by molar-refractivity contribution is 8.00. The van der Waals surface area contributed by atoms with Gasteiger partial charge in [-0.15, -0.1) is 11.8 Å². The third-order valence-corrected chi connectivity index (χ3v) is 9.64. The Morgan fingerprint density at radius 2 is 2.10 bits per heavy atom. The van der Waals surface area contributed by atoms with Gasteiger partial charge < -0.3 is 19.4 Å². The number of anilines is 1. The van der Waals surface area contributed by atoms with Crippen molar-refractivity contribution < 1.29 is 18.7 Å². The van der Waals surface area contributed by atoms with Crippen molar-refractivity contribution >= 4 is 29.3 Å². The quantitative estimate of drug-likeness (QED) is 0.433. The molecule has 41 heavy (non-hydrogen) atoms. The maximum atomic E-state index is 14.0.